The molecule has 0 aromatic heterocycles. The van der Waals surface area contributed by atoms with Gasteiger partial charge in [0.1, 0.15) is 29.5 Å². The summed E-state index contributed by atoms with van der Waals surface area (Å²) in [7, 11) is -4.01. The highest BCUT2D eigenvalue weighted by Gasteiger charge is 2.47. The number of ether oxygens (including phenoxy) is 2. The van der Waals surface area contributed by atoms with Crippen LogP contribution in [0.5, 0.6) is 5.75 Å². The maximum absolute atomic E-state index is 15.1. The summed E-state index contributed by atoms with van der Waals surface area (Å²) in [6.07, 6.45) is -3.63. The van der Waals surface area contributed by atoms with Crippen molar-refractivity contribution >= 4 is 45.4 Å². The highest BCUT2D eigenvalue weighted by Crippen LogP contribution is 2.33. The van der Waals surface area contributed by atoms with E-state index in [9.17, 15) is 36.0 Å². The van der Waals surface area contributed by atoms with Crippen molar-refractivity contribution in [1.82, 2.24) is 9.62 Å². The fourth-order valence-corrected chi connectivity index (χ4v) is 6.17. The summed E-state index contributed by atoms with van der Waals surface area (Å²) in [5.41, 5.74) is -0.423. The monoisotopic (exact) mass is 654 g/mol. The van der Waals surface area contributed by atoms with E-state index in [2.05, 4.69) is 15.0 Å². The quantitative estimate of drug-likeness (QED) is 0.322. The number of nitrogens with one attached hydrogen (secondary N) is 1. The number of benzene rings is 2. The summed E-state index contributed by atoms with van der Waals surface area (Å²) < 4.78 is 89.1. The van der Waals surface area contributed by atoms with Crippen molar-refractivity contribution < 1.29 is 49.8 Å². The van der Waals surface area contributed by atoms with Gasteiger partial charge in [-0.3, -0.25) is 19.4 Å². The highest BCUT2D eigenvalue weighted by molar-refractivity contribution is 7.92. The molecule has 11 nitrogen and oxygen atoms in total. The van der Waals surface area contributed by atoms with Crippen molar-refractivity contribution in [3.05, 3.63) is 64.3 Å². The number of amides is 2. The fourth-order valence-electron chi connectivity index (χ4n) is 4.98. The van der Waals surface area contributed by atoms with Gasteiger partial charge in [0.15, 0.2) is 0 Å². The summed E-state index contributed by atoms with van der Waals surface area (Å²) in [6, 6.07) is 7.47. The predicted molar refractivity (Wildman–Crippen MR) is 155 cm³/mol. The molecule has 2 amide bonds. The minimum absolute atomic E-state index is 0.0186. The molecule has 1 spiro atoms. The number of piperidine rings is 1. The first kappa shape index (κ1) is 33.6. The second kappa shape index (κ2) is 13.0. The van der Waals surface area contributed by atoms with Crippen molar-refractivity contribution in [2.75, 3.05) is 31.1 Å². The number of sulfonamides is 1. The second-order valence-corrected chi connectivity index (χ2v) is 12.3. The van der Waals surface area contributed by atoms with Crippen molar-refractivity contribution in [1.29, 1.82) is 0 Å². The molecule has 2 aromatic carbocycles. The Morgan fingerprint density at radius 1 is 1.16 bits per heavy atom. The van der Waals surface area contributed by atoms with Crippen LogP contribution in [0.3, 0.4) is 0 Å². The zero-order valence-electron chi connectivity index (χ0n) is 24.5. The molecule has 1 N–H and O–H groups in total. The van der Waals surface area contributed by atoms with Gasteiger partial charge in [0.2, 0.25) is 15.9 Å². The molecule has 0 aliphatic carbocycles. The van der Waals surface area contributed by atoms with E-state index in [0.717, 1.165) is 32.8 Å². The molecule has 2 aliphatic rings. The van der Waals surface area contributed by atoms with Crippen LogP contribution in [-0.4, -0.2) is 74.5 Å². The lowest BCUT2D eigenvalue weighted by Gasteiger charge is -2.34. The van der Waals surface area contributed by atoms with Crippen molar-refractivity contribution in [3.63, 3.8) is 0 Å². The summed E-state index contributed by atoms with van der Waals surface area (Å²) in [4.78, 5) is 41.6. The van der Waals surface area contributed by atoms with E-state index in [1.165, 1.54) is 38.1 Å². The number of halogens is 4. The number of amidine groups is 1. The number of rotatable bonds is 9. The minimum atomic E-state index is -4.90. The van der Waals surface area contributed by atoms with Crippen LogP contribution < -0.4 is 15.0 Å². The Labute approximate surface area is 256 Å². The predicted octanol–water partition coefficient (Wildman–Crippen LogP) is 3.66. The van der Waals surface area contributed by atoms with Gasteiger partial charge in [-0.05, 0) is 61.2 Å². The van der Waals surface area contributed by atoms with E-state index in [-0.39, 0.29) is 61.7 Å². The van der Waals surface area contributed by atoms with Gasteiger partial charge in [0, 0.05) is 37.9 Å². The molecular formula is C29H30F4N4O7S. The third kappa shape index (κ3) is 8.05. The number of nitrogens with zero attached hydrogens (tertiary/aromatic N) is 3. The van der Waals surface area contributed by atoms with Crippen LogP contribution in [0.2, 0.25) is 0 Å². The van der Waals surface area contributed by atoms with Crippen LogP contribution in [0.4, 0.5) is 23.2 Å². The smallest absolute Gasteiger partial charge is 0.464 e. The average molecular weight is 655 g/mol. The molecule has 0 atom stereocenters. The SMILES string of the molecule is CC(=O)OCCN(C(C)=O)c1cc(C)c(C=CS(=O)(=O)N2CCC3(CC2)N=C(c2cccc(OC(F)(F)F)c2)NC3=O)cc1F. The van der Waals surface area contributed by atoms with Crippen molar-refractivity contribution in [2.24, 2.45) is 4.99 Å². The van der Waals surface area contributed by atoms with Crippen LogP contribution in [0.15, 0.2) is 46.8 Å². The Bertz CT molecular complexity index is 1670. The fraction of sp³-hybridized carbons (Fsp3) is 0.379. The summed E-state index contributed by atoms with van der Waals surface area (Å²) >= 11 is 0. The molecule has 2 aromatic rings. The topological polar surface area (TPSA) is 135 Å². The van der Waals surface area contributed by atoms with Gasteiger partial charge in [0.05, 0.1) is 12.2 Å². The number of hydrogen-bond acceptors (Lipinski definition) is 8. The number of alkyl halides is 3. The lowest BCUT2D eigenvalue weighted by atomic mass is 9.89. The summed E-state index contributed by atoms with van der Waals surface area (Å²) in [5.74, 6) is -2.73. The van der Waals surface area contributed by atoms with Crippen LogP contribution in [0, 0.1) is 12.7 Å². The molecular weight excluding hydrogens is 624 g/mol. The highest BCUT2D eigenvalue weighted by atomic mass is 32.2. The van der Waals surface area contributed by atoms with Crippen LogP contribution in [-0.2, 0) is 29.1 Å². The molecule has 2 heterocycles. The normalized spacial score (nSPS) is 16.9. The molecule has 0 radical (unpaired) electrons. The largest absolute Gasteiger partial charge is 0.573 e. The number of aryl methyl sites for hydroxylation is 1. The first-order valence-corrected chi connectivity index (χ1v) is 15.2. The molecule has 16 heteroatoms. The number of carbonyl (C=O) groups excluding carboxylic acids is 3. The van der Waals surface area contributed by atoms with E-state index in [4.69, 9.17) is 4.74 Å². The summed E-state index contributed by atoms with van der Waals surface area (Å²) in [5, 5.41) is 3.50. The Morgan fingerprint density at radius 2 is 1.84 bits per heavy atom. The van der Waals surface area contributed by atoms with Crippen LogP contribution >= 0.6 is 0 Å². The maximum Gasteiger partial charge on any atom is 0.573 e. The Kier molecular flexibility index (Phi) is 9.68. The molecule has 242 valence electrons. The van der Waals surface area contributed by atoms with E-state index in [1.54, 1.807) is 6.92 Å². The Hall–Kier alpha value is -4.31. The second-order valence-electron chi connectivity index (χ2n) is 10.4. The van der Waals surface area contributed by atoms with Gasteiger partial charge in [-0.25, -0.2) is 12.8 Å². The number of hydrogen-bond donors (Lipinski definition) is 1. The molecule has 0 bridgehead atoms. The zero-order chi connectivity index (χ0) is 33.2. The van der Waals surface area contributed by atoms with E-state index in [0.29, 0.717) is 5.56 Å². The van der Waals surface area contributed by atoms with Crippen molar-refractivity contribution in [3.8, 4) is 5.75 Å². The van der Waals surface area contributed by atoms with E-state index in [1.807, 2.05) is 0 Å². The zero-order valence-corrected chi connectivity index (χ0v) is 25.3. The van der Waals surface area contributed by atoms with Crippen molar-refractivity contribution in [2.45, 2.75) is 45.5 Å². The minimum Gasteiger partial charge on any atom is -0.464 e. The number of aliphatic imine (C=N–C) groups is 1. The Morgan fingerprint density at radius 3 is 2.47 bits per heavy atom. The van der Waals surface area contributed by atoms with Gasteiger partial charge < -0.3 is 19.7 Å². The van der Waals surface area contributed by atoms with Gasteiger partial charge in [-0.15, -0.1) is 13.2 Å². The van der Waals surface area contributed by atoms with Crippen LogP contribution in [0.25, 0.3) is 6.08 Å². The molecule has 1 fully saturated rings. The standard InChI is InChI=1S/C29H30F4N4O7S/c1-18-15-25(37(19(2)38)12-13-43-20(3)39)24(30)17-21(18)7-14-45(41,42)36-10-8-28(9-11-36)27(40)34-26(35-28)22-5-4-6-23(16-22)44-29(31,32)33/h4-7,14-17H,8-13H2,1-3H3,(H,34,35,40). The van der Waals surface area contributed by atoms with Gasteiger partial charge >= 0.3 is 12.3 Å². The number of anilines is 1. The average Bonchev–Trinajstić information content (AvgIpc) is 3.26. The van der Waals surface area contributed by atoms with Gasteiger partial charge in [-0.2, -0.15) is 4.31 Å². The van der Waals surface area contributed by atoms with Gasteiger partial charge in [-0.1, -0.05) is 12.1 Å². The molecule has 0 unspecified atom stereocenters. The molecule has 2 aliphatic heterocycles. The molecule has 1 saturated heterocycles. The van der Waals surface area contributed by atoms with Crippen LogP contribution in [0.1, 0.15) is 43.4 Å². The van der Waals surface area contributed by atoms with E-state index >= 15 is 4.39 Å². The number of carbonyl (C=O) groups is 3. The molecule has 0 saturated carbocycles. The molecule has 4 rings (SSSR count). The summed E-state index contributed by atoms with van der Waals surface area (Å²) in [6.45, 7) is 3.70. The third-order valence-corrected chi connectivity index (χ3v) is 8.84. The first-order chi connectivity index (χ1) is 21.0. The molecule has 45 heavy (non-hydrogen) atoms. The Balaban J connectivity index is 1.45. The van der Waals surface area contributed by atoms with Gasteiger partial charge in [0.25, 0.3) is 5.91 Å². The number of esters is 1. The third-order valence-electron chi connectivity index (χ3n) is 7.28. The van der Waals surface area contributed by atoms with E-state index < -0.39 is 51.3 Å². The first-order valence-electron chi connectivity index (χ1n) is 13.7. The maximum atomic E-state index is 15.1. The lowest BCUT2D eigenvalue weighted by molar-refractivity contribution is -0.274. The lowest BCUT2D eigenvalue weighted by Crippen LogP contribution is -2.50.